The number of carbonyl (C=O) groups excluding carboxylic acids is 3. The molecule has 1 aromatic rings. The lowest BCUT2D eigenvalue weighted by Gasteiger charge is -2.33. The molecule has 1 aromatic carbocycles. The number of unbranched alkanes of at least 4 members (excludes halogenated alkanes) is 2. The van der Waals surface area contributed by atoms with Gasteiger partial charge in [0.25, 0.3) is 5.91 Å². The number of ether oxygens (including phenoxy) is 4. The van der Waals surface area contributed by atoms with Crippen molar-refractivity contribution in [3.05, 3.63) is 23.8 Å². The van der Waals surface area contributed by atoms with E-state index in [0.717, 1.165) is 19.3 Å². The van der Waals surface area contributed by atoms with Gasteiger partial charge in [-0.25, -0.2) is 9.59 Å². The van der Waals surface area contributed by atoms with E-state index in [2.05, 4.69) is 16.0 Å². The Morgan fingerprint density at radius 1 is 0.900 bits per heavy atom. The van der Waals surface area contributed by atoms with Gasteiger partial charge in [-0.05, 0) is 82.8 Å². The van der Waals surface area contributed by atoms with Crippen molar-refractivity contribution in [3.63, 3.8) is 0 Å². The van der Waals surface area contributed by atoms with Crippen molar-refractivity contribution in [2.24, 2.45) is 23.7 Å². The van der Waals surface area contributed by atoms with Crippen molar-refractivity contribution in [2.75, 3.05) is 40.0 Å². The molecule has 0 aromatic heterocycles. The second-order valence-electron chi connectivity index (χ2n) is 14.4. The smallest absolute Gasteiger partial charge is 0.407 e. The quantitative estimate of drug-likeness (QED) is 0.0898. The van der Waals surface area contributed by atoms with Gasteiger partial charge < -0.3 is 45.1 Å². The van der Waals surface area contributed by atoms with E-state index in [1.807, 2.05) is 34.6 Å². The summed E-state index contributed by atoms with van der Waals surface area (Å²) < 4.78 is 21.8. The minimum absolute atomic E-state index is 0.0342. The topological polar surface area (TPSA) is 182 Å². The van der Waals surface area contributed by atoms with E-state index in [9.17, 15) is 24.3 Å². The van der Waals surface area contributed by atoms with Crippen LogP contribution in [-0.4, -0.2) is 91.9 Å². The molecule has 13 heteroatoms. The number of aliphatic hydroxyl groups is 1. The molecule has 0 aliphatic rings. The Balaban J connectivity index is 3.22. The molecular formula is C37H63N3O10. The lowest BCUT2D eigenvalue weighted by atomic mass is 9.82. The SMILES string of the molecule is CCCCNC(=O)C(CC(O)C(CC(CNC(=O)c1ccc(OCC(=O)O)cc1OCCCCOC)C(C)C)NC(=O)OC(C)(C)C)C(C)C. The molecule has 0 aliphatic heterocycles. The number of hydrogen-bond donors (Lipinski definition) is 5. The van der Waals surface area contributed by atoms with Crippen molar-refractivity contribution in [3.8, 4) is 11.5 Å². The maximum absolute atomic E-state index is 13.5. The summed E-state index contributed by atoms with van der Waals surface area (Å²) in [6, 6.07) is 3.76. The Hall–Kier alpha value is -3.58. The summed E-state index contributed by atoms with van der Waals surface area (Å²) in [6.07, 6.45) is 1.92. The third-order valence-electron chi connectivity index (χ3n) is 8.22. The normalized spacial score (nSPS) is 14.0. The van der Waals surface area contributed by atoms with Gasteiger partial charge in [-0.3, -0.25) is 9.59 Å². The van der Waals surface area contributed by atoms with Gasteiger partial charge in [-0.15, -0.1) is 0 Å². The number of nitrogens with one attached hydrogen (secondary N) is 3. The van der Waals surface area contributed by atoms with E-state index < -0.39 is 48.2 Å². The fourth-order valence-electron chi connectivity index (χ4n) is 5.21. The highest BCUT2D eigenvalue weighted by Gasteiger charge is 2.33. The number of benzene rings is 1. The molecule has 0 fully saturated rings. The molecule has 0 heterocycles. The third-order valence-corrected chi connectivity index (χ3v) is 8.22. The lowest BCUT2D eigenvalue weighted by Crippen LogP contribution is -2.49. The number of amides is 3. The van der Waals surface area contributed by atoms with Crippen LogP contribution in [0.2, 0.25) is 0 Å². The molecule has 50 heavy (non-hydrogen) atoms. The van der Waals surface area contributed by atoms with Gasteiger partial charge in [-0.1, -0.05) is 41.0 Å². The summed E-state index contributed by atoms with van der Waals surface area (Å²) in [6.45, 7) is 16.3. The standard InChI is InChI=1S/C37H63N3O10/c1-10-11-16-38-35(45)29(25(4)5)21-31(41)30(40-36(46)50-37(6,7)8)19-26(24(2)3)22-39-34(44)28-15-14-27(49-23-33(42)43)20-32(28)48-18-13-12-17-47-9/h14-15,20,24-26,29-31,41H,10-13,16-19,21-23H2,1-9H3,(H,38,45)(H,39,44)(H,40,46)(H,42,43). The minimum atomic E-state index is -1.13. The van der Waals surface area contributed by atoms with Crippen LogP contribution in [0.15, 0.2) is 18.2 Å². The van der Waals surface area contributed by atoms with Crippen molar-refractivity contribution in [1.29, 1.82) is 0 Å². The predicted molar refractivity (Wildman–Crippen MR) is 191 cm³/mol. The highest BCUT2D eigenvalue weighted by molar-refractivity contribution is 5.97. The second-order valence-corrected chi connectivity index (χ2v) is 14.4. The summed E-state index contributed by atoms with van der Waals surface area (Å²) in [5, 5.41) is 29.4. The fraction of sp³-hybridized carbons (Fsp3) is 0.730. The molecule has 4 atom stereocenters. The molecule has 0 saturated heterocycles. The van der Waals surface area contributed by atoms with Gasteiger partial charge in [0, 0.05) is 38.8 Å². The van der Waals surface area contributed by atoms with Crippen molar-refractivity contribution >= 4 is 23.9 Å². The van der Waals surface area contributed by atoms with Gasteiger partial charge in [0.2, 0.25) is 5.91 Å². The summed E-state index contributed by atoms with van der Waals surface area (Å²) >= 11 is 0. The monoisotopic (exact) mass is 709 g/mol. The van der Waals surface area contributed by atoms with E-state index >= 15 is 0 Å². The largest absolute Gasteiger partial charge is 0.493 e. The second kappa shape index (κ2) is 23.0. The number of carboxylic acid groups (broad SMARTS) is 1. The van der Waals surface area contributed by atoms with Gasteiger partial charge >= 0.3 is 12.1 Å². The zero-order valence-electron chi connectivity index (χ0n) is 31.6. The predicted octanol–water partition coefficient (Wildman–Crippen LogP) is 5.18. The maximum atomic E-state index is 13.5. The molecule has 3 amide bonds. The van der Waals surface area contributed by atoms with Crippen LogP contribution >= 0.6 is 0 Å². The molecular weight excluding hydrogens is 646 g/mol. The van der Waals surface area contributed by atoms with E-state index in [1.54, 1.807) is 27.9 Å². The maximum Gasteiger partial charge on any atom is 0.407 e. The van der Waals surface area contributed by atoms with Crippen LogP contribution in [0.1, 0.15) is 104 Å². The van der Waals surface area contributed by atoms with Crippen LogP contribution in [0.3, 0.4) is 0 Å². The van der Waals surface area contributed by atoms with E-state index in [4.69, 9.17) is 24.1 Å². The molecule has 286 valence electrons. The first kappa shape index (κ1) is 44.4. The first-order valence-electron chi connectivity index (χ1n) is 17.8. The van der Waals surface area contributed by atoms with Gasteiger partial charge in [-0.2, -0.15) is 0 Å². The summed E-state index contributed by atoms with van der Waals surface area (Å²) in [7, 11) is 1.61. The van der Waals surface area contributed by atoms with Gasteiger partial charge in [0.1, 0.15) is 17.1 Å². The molecule has 0 spiro atoms. The van der Waals surface area contributed by atoms with E-state index in [1.165, 1.54) is 18.2 Å². The molecule has 4 unspecified atom stereocenters. The molecule has 5 N–H and O–H groups in total. The van der Waals surface area contributed by atoms with Crippen LogP contribution < -0.4 is 25.4 Å². The van der Waals surface area contributed by atoms with Crippen LogP contribution in [0, 0.1) is 23.7 Å². The molecule has 0 saturated carbocycles. The molecule has 13 nitrogen and oxygen atoms in total. The van der Waals surface area contributed by atoms with Gasteiger partial charge in [0.15, 0.2) is 6.61 Å². The number of methoxy groups -OCH3 is 1. The highest BCUT2D eigenvalue weighted by Crippen LogP contribution is 2.27. The highest BCUT2D eigenvalue weighted by atomic mass is 16.6. The number of hydrogen-bond acceptors (Lipinski definition) is 9. The Morgan fingerprint density at radius 3 is 2.16 bits per heavy atom. The summed E-state index contributed by atoms with van der Waals surface area (Å²) in [4.78, 5) is 50.6. The van der Waals surface area contributed by atoms with Crippen LogP contribution in [0.5, 0.6) is 11.5 Å². The molecule has 0 radical (unpaired) electrons. The Labute approximate surface area is 298 Å². The number of carbonyl (C=O) groups is 4. The number of rotatable bonds is 24. The minimum Gasteiger partial charge on any atom is -0.493 e. The van der Waals surface area contributed by atoms with Gasteiger partial charge in [0.05, 0.1) is 24.3 Å². The average Bonchev–Trinajstić information content (AvgIpc) is 3.02. The molecule has 1 rings (SSSR count). The number of carboxylic acids is 1. The Bertz CT molecular complexity index is 1180. The first-order valence-corrected chi connectivity index (χ1v) is 17.8. The average molecular weight is 710 g/mol. The van der Waals surface area contributed by atoms with Crippen LogP contribution in [-0.2, 0) is 19.1 Å². The van der Waals surface area contributed by atoms with E-state index in [-0.39, 0.29) is 53.7 Å². The fourth-order valence-corrected chi connectivity index (χ4v) is 5.21. The third kappa shape index (κ3) is 17.9. The number of alkyl carbamates (subject to hydrolysis) is 1. The zero-order valence-corrected chi connectivity index (χ0v) is 31.6. The lowest BCUT2D eigenvalue weighted by molar-refractivity contribution is -0.139. The summed E-state index contributed by atoms with van der Waals surface area (Å²) in [5.41, 5.74) is -0.512. The number of aliphatic carboxylic acids is 1. The Kier molecular flexibility index (Phi) is 20.4. The molecule has 0 aliphatic carbocycles. The van der Waals surface area contributed by atoms with Crippen molar-refractivity contribution in [1.82, 2.24) is 16.0 Å². The molecule has 0 bridgehead atoms. The number of aliphatic hydroxyl groups excluding tert-OH is 1. The first-order chi connectivity index (χ1) is 23.5. The van der Waals surface area contributed by atoms with E-state index in [0.29, 0.717) is 32.6 Å². The van der Waals surface area contributed by atoms with Crippen molar-refractivity contribution < 1.29 is 48.3 Å². The van der Waals surface area contributed by atoms with Crippen molar-refractivity contribution in [2.45, 2.75) is 112 Å². The Morgan fingerprint density at radius 2 is 1.58 bits per heavy atom. The van der Waals surface area contributed by atoms with Crippen LogP contribution in [0.25, 0.3) is 0 Å². The summed E-state index contributed by atoms with van der Waals surface area (Å²) in [5.74, 6) is -1.86. The zero-order chi connectivity index (χ0) is 37.9. The van der Waals surface area contributed by atoms with Crippen LogP contribution in [0.4, 0.5) is 4.79 Å².